The second kappa shape index (κ2) is 4.79. The van der Waals surface area contributed by atoms with Crippen LogP contribution in [0.4, 0.5) is 0 Å². The third kappa shape index (κ3) is 2.60. The smallest absolute Gasteiger partial charge is 0.352 e. The largest absolute Gasteiger partial charge is 0.477 e. The zero-order chi connectivity index (χ0) is 13.3. The summed E-state index contributed by atoms with van der Waals surface area (Å²) >= 11 is 0. The van der Waals surface area contributed by atoms with Crippen molar-refractivity contribution in [1.82, 2.24) is 4.98 Å². The zero-order valence-corrected chi connectivity index (χ0v) is 11.5. The van der Waals surface area contributed by atoms with E-state index in [1.807, 2.05) is 6.07 Å². The highest BCUT2D eigenvalue weighted by atomic mass is 16.4. The third-order valence-corrected chi connectivity index (χ3v) is 4.38. The van der Waals surface area contributed by atoms with Crippen molar-refractivity contribution in [3.63, 3.8) is 0 Å². The standard InChI is InChI=1S/C15H23NO2/c1-15(2,3)11-6-4-10(5-7-11)12-8-9-16-13(12)14(17)18/h8-11,16H,4-7H2,1-3H3,(H,17,18). The van der Waals surface area contributed by atoms with Gasteiger partial charge >= 0.3 is 5.97 Å². The van der Waals surface area contributed by atoms with E-state index in [1.165, 1.54) is 12.8 Å². The molecule has 0 saturated heterocycles. The van der Waals surface area contributed by atoms with E-state index in [0.29, 0.717) is 17.0 Å². The Morgan fingerprint density at radius 2 is 1.89 bits per heavy atom. The van der Waals surface area contributed by atoms with Crippen LogP contribution in [0.5, 0.6) is 0 Å². The highest BCUT2D eigenvalue weighted by Crippen LogP contribution is 2.43. The zero-order valence-electron chi connectivity index (χ0n) is 11.5. The van der Waals surface area contributed by atoms with Crippen molar-refractivity contribution in [1.29, 1.82) is 0 Å². The number of carboxylic acid groups (broad SMARTS) is 1. The quantitative estimate of drug-likeness (QED) is 0.831. The monoisotopic (exact) mass is 249 g/mol. The average molecular weight is 249 g/mol. The third-order valence-electron chi connectivity index (χ3n) is 4.38. The van der Waals surface area contributed by atoms with Gasteiger partial charge in [-0.15, -0.1) is 0 Å². The number of aromatic amines is 1. The van der Waals surface area contributed by atoms with Crippen molar-refractivity contribution in [2.75, 3.05) is 0 Å². The van der Waals surface area contributed by atoms with Gasteiger partial charge in [-0.2, -0.15) is 0 Å². The number of carbonyl (C=O) groups is 1. The molecule has 1 saturated carbocycles. The summed E-state index contributed by atoms with van der Waals surface area (Å²) in [5, 5.41) is 9.14. The number of H-pyrrole nitrogens is 1. The fourth-order valence-electron chi connectivity index (χ4n) is 3.18. The molecular formula is C15H23NO2. The van der Waals surface area contributed by atoms with Gasteiger partial charge in [0.15, 0.2) is 0 Å². The van der Waals surface area contributed by atoms with Crippen molar-refractivity contribution >= 4 is 5.97 Å². The molecule has 0 aromatic carbocycles. The Morgan fingerprint density at radius 1 is 1.28 bits per heavy atom. The normalized spacial score (nSPS) is 25.1. The number of aromatic nitrogens is 1. The van der Waals surface area contributed by atoms with Gasteiger partial charge in [0.05, 0.1) is 0 Å². The summed E-state index contributed by atoms with van der Waals surface area (Å²) in [7, 11) is 0. The van der Waals surface area contributed by atoms with E-state index >= 15 is 0 Å². The van der Waals surface area contributed by atoms with Crippen LogP contribution in [0.3, 0.4) is 0 Å². The molecule has 0 aliphatic heterocycles. The molecule has 0 atom stereocenters. The van der Waals surface area contributed by atoms with E-state index in [4.69, 9.17) is 5.11 Å². The molecule has 0 bridgehead atoms. The molecule has 1 aliphatic rings. The summed E-state index contributed by atoms with van der Waals surface area (Å²) in [6.07, 6.45) is 6.38. The molecular weight excluding hydrogens is 226 g/mol. The van der Waals surface area contributed by atoms with Crippen LogP contribution < -0.4 is 0 Å². The molecule has 3 nitrogen and oxygen atoms in total. The Bertz CT molecular complexity index is 420. The molecule has 0 spiro atoms. The van der Waals surface area contributed by atoms with Crippen LogP contribution in [0, 0.1) is 11.3 Å². The van der Waals surface area contributed by atoms with Crippen molar-refractivity contribution in [2.24, 2.45) is 11.3 Å². The first-order valence-corrected chi connectivity index (χ1v) is 6.80. The molecule has 2 N–H and O–H groups in total. The second-order valence-corrected chi connectivity index (χ2v) is 6.53. The Kier molecular flexibility index (Phi) is 3.51. The predicted molar refractivity (Wildman–Crippen MR) is 71.9 cm³/mol. The molecule has 0 radical (unpaired) electrons. The molecule has 1 aromatic rings. The minimum Gasteiger partial charge on any atom is -0.477 e. The second-order valence-electron chi connectivity index (χ2n) is 6.53. The van der Waals surface area contributed by atoms with Crippen molar-refractivity contribution < 1.29 is 9.90 Å². The lowest BCUT2D eigenvalue weighted by Crippen LogP contribution is -2.25. The number of hydrogen-bond acceptors (Lipinski definition) is 1. The van der Waals surface area contributed by atoms with Crippen LogP contribution in [-0.4, -0.2) is 16.1 Å². The van der Waals surface area contributed by atoms with Crippen LogP contribution in [0.25, 0.3) is 0 Å². The first-order valence-electron chi connectivity index (χ1n) is 6.80. The summed E-state index contributed by atoms with van der Waals surface area (Å²) in [5.41, 5.74) is 1.75. The maximum absolute atomic E-state index is 11.1. The van der Waals surface area contributed by atoms with Crippen molar-refractivity contribution in [2.45, 2.75) is 52.4 Å². The number of hydrogen-bond donors (Lipinski definition) is 2. The van der Waals surface area contributed by atoms with E-state index in [9.17, 15) is 4.79 Å². The molecule has 0 unspecified atom stereocenters. The molecule has 0 amide bonds. The SMILES string of the molecule is CC(C)(C)C1CCC(c2cc[nH]c2C(=O)O)CC1. The van der Waals surface area contributed by atoms with Gasteiger partial charge < -0.3 is 10.1 Å². The predicted octanol–water partition coefficient (Wildman–Crippen LogP) is 4.03. The summed E-state index contributed by atoms with van der Waals surface area (Å²) < 4.78 is 0. The van der Waals surface area contributed by atoms with Gasteiger partial charge in [0.2, 0.25) is 0 Å². The van der Waals surface area contributed by atoms with Crippen molar-refractivity contribution in [3.05, 3.63) is 23.5 Å². The maximum atomic E-state index is 11.1. The maximum Gasteiger partial charge on any atom is 0.352 e. The Morgan fingerprint density at radius 3 is 2.39 bits per heavy atom. The van der Waals surface area contributed by atoms with Gasteiger partial charge in [-0.25, -0.2) is 4.79 Å². The molecule has 1 aliphatic carbocycles. The topological polar surface area (TPSA) is 53.1 Å². The molecule has 2 rings (SSSR count). The van der Waals surface area contributed by atoms with E-state index < -0.39 is 5.97 Å². The number of rotatable bonds is 2. The molecule has 100 valence electrons. The highest BCUT2D eigenvalue weighted by molar-refractivity contribution is 5.87. The van der Waals surface area contributed by atoms with Crippen LogP contribution in [0.15, 0.2) is 12.3 Å². The van der Waals surface area contributed by atoms with Gasteiger partial charge in [0.1, 0.15) is 5.69 Å². The fraction of sp³-hybridized carbons (Fsp3) is 0.667. The fourth-order valence-corrected chi connectivity index (χ4v) is 3.18. The molecule has 1 aromatic heterocycles. The highest BCUT2D eigenvalue weighted by Gasteiger charge is 2.31. The summed E-state index contributed by atoms with van der Waals surface area (Å²) in [6, 6.07) is 1.94. The molecule has 1 heterocycles. The van der Waals surface area contributed by atoms with Crippen LogP contribution in [0.1, 0.15) is 68.4 Å². The number of aromatic carboxylic acids is 1. The molecule has 3 heteroatoms. The number of carboxylic acids is 1. The Hall–Kier alpha value is -1.25. The van der Waals surface area contributed by atoms with Crippen LogP contribution in [-0.2, 0) is 0 Å². The van der Waals surface area contributed by atoms with Crippen LogP contribution in [0.2, 0.25) is 0 Å². The van der Waals surface area contributed by atoms with Gasteiger partial charge in [0, 0.05) is 6.20 Å². The van der Waals surface area contributed by atoms with Crippen LogP contribution >= 0.6 is 0 Å². The number of nitrogens with one attached hydrogen (secondary N) is 1. The first-order chi connectivity index (χ1) is 8.39. The van der Waals surface area contributed by atoms with Gasteiger partial charge in [-0.1, -0.05) is 20.8 Å². The van der Waals surface area contributed by atoms with Gasteiger partial charge in [-0.3, -0.25) is 0 Å². The van der Waals surface area contributed by atoms with E-state index in [1.54, 1.807) is 6.20 Å². The lowest BCUT2D eigenvalue weighted by Gasteiger charge is -2.37. The minimum atomic E-state index is -0.840. The Labute approximate surface area is 109 Å². The summed E-state index contributed by atoms with van der Waals surface area (Å²) in [4.78, 5) is 14.0. The summed E-state index contributed by atoms with van der Waals surface area (Å²) in [5.74, 6) is 0.342. The van der Waals surface area contributed by atoms with E-state index in [0.717, 1.165) is 24.3 Å². The van der Waals surface area contributed by atoms with Gasteiger partial charge in [-0.05, 0) is 54.6 Å². The van der Waals surface area contributed by atoms with Gasteiger partial charge in [0.25, 0.3) is 0 Å². The summed E-state index contributed by atoms with van der Waals surface area (Å²) in [6.45, 7) is 6.91. The minimum absolute atomic E-state index is 0.374. The lowest BCUT2D eigenvalue weighted by atomic mass is 9.68. The van der Waals surface area contributed by atoms with E-state index in [2.05, 4.69) is 25.8 Å². The average Bonchev–Trinajstić information content (AvgIpc) is 2.77. The molecule has 1 fully saturated rings. The first kappa shape index (κ1) is 13.2. The lowest BCUT2D eigenvalue weighted by molar-refractivity contribution is 0.0688. The molecule has 18 heavy (non-hydrogen) atoms. The van der Waals surface area contributed by atoms with Crippen molar-refractivity contribution in [3.8, 4) is 0 Å². The van der Waals surface area contributed by atoms with E-state index in [-0.39, 0.29) is 0 Å². The Balaban J connectivity index is 2.06.